The second-order valence-corrected chi connectivity index (χ2v) is 2.07. The van der Waals surface area contributed by atoms with Gasteiger partial charge in [-0.2, -0.15) is 0 Å². The summed E-state index contributed by atoms with van der Waals surface area (Å²) < 4.78 is 0. The fourth-order valence-corrected chi connectivity index (χ4v) is 0.450. The van der Waals surface area contributed by atoms with Crippen molar-refractivity contribution in [1.29, 1.82) is 0 Å². The fraction of sp³-hybridized carbons (Fsp3) is 0.833. The largest absolute Gasteiger partial charge is 0.319 e. The zero-order chi connectivity index (χ0) is 6.57. The summed E-state index contributed by atoms with van der Waals surface area (Å²) in [6.45, 7) is 4.32. The Morgan fingerprint density at radius 3 is 2.38 bits per heavy atom. The van der Waals surface area contributed by atoms with Gasteiger partial charge >= 0.3 is 0 Å². The van der Waals surface area contributed by atoms with Crippen molar-refractivity contribution in [2.45, 2.75) is 13.8 Å². The van der Waals surface area contributed by atoms with Crippen LogP contribution in [0, 0.1) is 5.92 Å². The highest BCUT2D eigenvalue weighted by Crippen LogP contribution is 1.91. The molecule has 0 heterocycles. The zero-order valence-electron chi connectivity index (χ0n) is 5.69. The number of rotatable bonds is 3. The second kappa shape index (κ2) is 3.61. The van der Waals surface area contributed by atoms with Crippen LogP contribution in [0.4, 0.5) is 0 Å². The number of nitrogens with one attached hydrogen (secondary N) is 1. The van der Waals surface area contributed by atoms with Crippen molar-refractivity contribution in [3.63, 3.8) is 0 Å². The van der Waals surface area contributed by atoms with Crippen molar-refractivity contribution in [3.8, 4) is 0 Å². The number of hydrogen-bond acceptors (Lipinski definition) is 2. The monoisotopic (exact) mass is 115 g/mol. The van der Waals surface area contributed by atoms with Crippen LogP contribution in [-0.4, -0.2) is 19.4 Å². The summed E-state index contributed by atoms with van der Waals surface area (Å²) in [5.74, 6) is 0.416. The summed E-state index contributed by atoms with van der Waals surface area (Å²) in [7, 11) is 1.85. The lowest BCUT2D eigenvalue weighted by atomic mass is 10.1. The summed E-state index contributed by atoms with van der Waals surface area (Å²) >= 11 is 0. The molecule has 0 aliphatic rings. The van der Waals surface area contributed by atoms with Gasteiger partial charge in [-0.25, -0.2) is 0 Å². The first-order chi connectivity index (χ1) is 3.68. The van der Waals surface area contributed by atoms with Gasteiger partial charge < -0.3 is 5.32 Å². The van der Waals surface area contributed by atoms with Gasteiger partial charge in [-0.05, 0) is 14.0 Å². The molecular weight excluding hydrogens is 102 g/mol. The Bertz CT molecular complexity index is 80.6. The van der Waals surface area contributed by atoms with Gasteiger partial charge in [0.1, 0.15) is 5.78 Å². The topological polar surface area (TPSA) is 29.1 Å². The molecule has 0 amide bonds. The molecule has 0 bridgehead atoms. The molecule has 0 aromatic heterocycles. The average Bonchev–Trinajstić information content (AvgIpc) is 1.67. The van der Waals surface area contributed by atoms with Crippen molar-refractivity contribution in [3.05, 3.63) is 0 Å². The Hall–Kier alpha value is -0.370. The van der Waals surface area contributed by atoms with E-state index in [0.29, 0.717) is 0 Å². The van der Waals surface area contributed by atoms with Crippen molar-refractivity contribution < 1.29 is 4.79 Å². The van der Waals surface area contributed by atoms with Crippen LogP contribution in [0.15, 0.2) is 0 Å². The molecule has 0 aromatic rings. The molecule has 0 aromatic carbocycles. The fourth-order valence-electron chi connectivity index (χ4n) is 0.450. The van der Waals surface area contributed by atoms with E-state index < -0.39 is 0 Å². The van der Waals surface area contributed by atoms with Crippen LogP contribution in [0.3, 0.4) is 0 Å². The van der Waals surface area contributed by atoms with E-state index in [1.54, 1.807) is 6.92 Å². The maximum absolute atomic E-state index is 10.5. The molecule has 1 N–H and O–H groups in total. The number of ketones is 1. The van der Waals surface area contributed by atoms with E-state index in [1.165, 1.54) is 0 Å². The smallest absolute Gasteiger partial charge is 0.133 e. The van der Waals surface area contributed by atoms with Crippen LogP contribution in [0.1, 0.15) is 13.8 Å². The Balaban J connectivity index is 3.32. The molecule has 0 aliphatic carbocycles. The first-order valence-corrected chi connectivity index (χ1v) is 2.83. The predicted octanol–water partition coefficient (Wildman–Crippen LogP) is 0.431. The molecule has 2 heteroatoms. The minimum atomic E-state index is 0.167. The van der Waals surface area contributed by atoms with Gasteiger partial charge in [0, 0.05) is 12.5 Å². The molecule has 0 saturated heterocycles. The predicted molar refractivity (Wildman–Crippen MR) is 33.8 cm³/mol. The number of hydrogen-bond donors (Lipinski definition) is 1. The van der Waals surface area contributed by atoms with E-state index in [-0.39, 0.29) is 11.7 Å². The van der Waals surface area contributed by atoms with Crippen molar-refractivity contribution in [2.75, 3.05) is 13.6 Å². The van der Waals surface area contributed by atoms with E-state index in [1.807, 2.05) is 14.0 Å². The SMILES string of the molecule is CNC[C@@H](C)C(C)=O. The highest BCUT2D eigenvalue weighted by atomic mass is 16.1. The highest BCUT2D eigenvalue weighted by molar-refractivity contribution is 5.78. The molecule has 0 spiro atoms. The van der Waals surface area contributed by atoms with Gasteiger partial charge in [0.25, 0.3) is 0 Å². The van der Waals surface area contributed by atoms with Gasteiger partial charge in [-0.15, -0.1) is 0 Å². The average molecular weight is 115 g/mol. The molecule has 8 heavy (non-hydrogen) atoms. The quantitative estimate of drug-likeness (QED) is 0.578. The van der Waals surface area contributed by atoms with E-state index in [0.717, 1.165) is 6.54 Å². The third-order valence-electron chi connectivity index (χ3n) is 1.20. The molecule has 1 atom stereocenters. The van der Waals surface area contributed by atoms with Crippen LogP contribution in [0.5, 0.6) is 0 Å². The van der Waals surface area contributed by atoms with Gasteiger partial charge in [0.15, 0.2) is 0 Å². The summed E-state index contributed by atoms with van der Waals surface area (Å²) in [5, 5.41) is 2.93. The lowest BCUT2D eigenvalue weighted by Crippen LogP contribution is -2.21. The molecule has 48 valence electrons. The standard InChI is InChI=1S/C6H13NO/c1-5(4-7-3)6(2)8/h5,7H,4H2,1-3H3/t5-/m1/s1. The van der Waals surface area contributed by atoms with Crippen LogP contribution in [0.25, 0.3) is 0 Å². The zero-order valence-corrected chi connectivity index (χ0v) is 5.69. The molecular formula is C6H13NO. The van der Waals surface area contributed by atoms with Crippen molar-refractivity contribution >= 4 is 5.78 Å². The van der Waals surface area contributed by atoms with E-state index in [9.17, 15) is 4.79 Å². The molecule has 0 unspecified atom stereocenters. The lowest BCUT2D eigenvalue weighted by molar-refractivity contribution is -0.120. The third kappa shape index (κ3) is 2.75. The minimum Gasteiger partial charge on any atom is -0.319 e. The van der Waals surface area contributed by atoms with E-state index in [4.69, 9.17) is 0 Å². The van der Waals surface area contributed by atoms with Gasteiger partial charge in [0.2, 0.25) is 0 Å². The van der Waals surface area contributed by atoms with Crippen molar-refractivity contribution in [2.24, 2.45) is 5.92 Å². The second-order valence-electron chi connectivity index (χ2n) is 2.07. The normalized spacial score (nSPS) is 13.4. The van der Waals surface area contributed by atoms with Gasteiger partial charge in [-0.1, -0.05) is 6.92 Å². The summed E-state index contributed by atoms with van der Waals surface area (Å²) in [4.78, 5) is 10.5. The first kappa shape index (κ1) is 7.63. The van der Waals surface area contributed by atoms with Gasteiger partial charge in [0.05, 0.1) is 0 Å². The number of Topliss-reactive ketones (excluding diaryl/α,β-unsaturated/α-hetero) is 1. The van der Waals surface area contributed by atoms with Crippen LogP contribution in [-0.2, 0) is 4.79 Å². The van der Waals surface area contributed by atoms with Crippen LogP contribution >= 0.6 is 0 Å². The molecule has 0 aliphatic heterocycles. The van der Waals surface area contributed by atoms with Crippen LogP contribution < -0.4 is 5.32 Å². The third-order valence-corrected chi connectivity index (χ3v) is 1.20. The molecule has 0 fully saturated rings. The molecule has 0 radical (unpaired) electrons. The highest BCUT2D eigenvalue weighted by Gasteiger charge is 2.03. The van der Waals surface area contributed by atoms with Crippen molar-refractivity contribution in [1.82, 2.24) is 5.32 Å². The lowest BCUT2D eigenvalue weighted by Gasteiger charge is -2.03. The Morgan fingerprint density at radius 2 is 2.25 bits per heavy atom. The first-order valence-electron chi connectivity index (χ1n) is 2.83. The summed E-state index contributed by atoms with van der Waals surface area (Å²) in [5.41, 5.74) is 0. The molecule has 0 saturated carbocycles. The number of carbonyl (C=O) groups excluding carboxylic acids is 1. The number of carbonyl (C=O) groups is 1. The summed E-state index contributed by atoms with van der Waals surface area (Å²) in [6, 6.07) is 0. The van der Waals surface area contributed by atoms with E-state index >= 15 is 0 Å². The molecule has 0 rings (SSSR count). The maximum Gasteiger partial charge on any atom is 0.133 e. The Labute approximate surface area is 50.3 Å². The van der Waals surface area contributed by atoms with E-state index in [2.05, 4.69) is 5.32 Å². The Kier molecular flexibility index (Phi) is 3.44. The Morgan fingerprint density at radius 1 is 1.75 bits per heavy atom. The minimum absolute atomic E-state index is 0.167. The summed E-state index contributed by atoms with van der Waals surface area (Å²) in [6.07, 6.45) is 0. The van der Waals surface area contributed by atoms with Crippen LogP contribution in [0.2, 0.25) is 0 Å². The molecule has 2 nitrogen and oxygen atoms in total. The van der Waals surface area contributed by atoms with Gasteiger partial charge in [-0.3, -0.25) is 4.79 Å². The maximum atomic E-state index is 10.5.